The van der Waals surface area contributed by atoms with E-state index in [0.717, 1.165) is 69.5 Å². The fourth-order valence-electron chi connectivity index (χ4n) is 5.81. The van der Waals surface area contributed by atoms with Gasteiger partial charge in [-0.2, -0.15) is 0 Å². The normalized spacial score (nSPS) is 23.7. The number of benzene rings is 1. The minimum absolute atomic E-state index is 0.00330. The minimum Gasteiger partial charge on any atom is -0.496 e. The van der Waals surface area contributed by atoms with Crippen LogP contribution in [0, 0.1) is 5.92 Å². The van der Waals surface area contributed by atoms with Crippen LogP contribution in [0.2, 0.25) is 0 Å². The van der Waals surface area contributed by atoms with Gasteiger partial charge in [-0.1, -0.05) is 43.9 Å². The molecule has 0 aromatic heterocycles. The van der Waals surface area contributed by atoms with Gasteiger partial charge in [0.25, 0.3) is 0 Å². The number of likely N-dealkylation sites (tertiary alicyclic amines) is 2. The van der Waals surface area contributed by atoms with Crippen LogP contribution in [0.1, 0.15) is 75.8 Å². The molecule has 32 heavy (non-hydrogen) atoms. The zero-order valence-electron chi connectivity index (χ0n) is 19.6. The van der Waals surface area contributed by atoms with Crippen LogP contribution in [-0.2, 0) is 9.59 Å². The number of nitrogens with one attached hydrogen (secondary N) is 1. The Kier molecular flexibility index (Phi) is 8.06. The molecule has 1 saturated carbocycles. The Labute approximate surface area is 192 Å². The van der Waals surface area contributed by atoms with Crippen LogP contribution in [0.4, 0.5) is 0 Å². The van der Waals surface area contributed by atoms with E-state index >= 15 is 0 Å². The lowest BCUT2D eigenvalue weighted by Gasteiger charge is -2.36. The van der Waals surface area contributed by atoms with Gasteiger partial charge >= 0.3 is 0 Å². The maximum atomic E-state index is 13.3. The Hall–Kier alpha value is -2.08. The molecule has 1 N–H and O–H groups in total. The summed E-state index contributed by atoms with van der Waals surface area (Å²) < 4.78 is 5.65. The van der Waals surface area contributed by atoms with Crippen molar-refractivity contribution in [3.63, 3.8) is 0 Å². The number of para-hydroxylation sites is 1. The zero-order chi connectivity index (χ0) is 22.3. The first-order valence-corrected chi connectivity index (χ1v) is 12.6. The van der Waals surface area contributed by atoms with Gasteiger partial charge in [-0.15, -0.1) is 0 Å². The Morgan fingerprint density at radius 3 is 2.44 bits per heavy atom. The van der Waals surface area contributed by atoms with Crippen molar-refractivity contribution in [2.24, 2.45) is 5.92 Å². The molecule has 6 nitrogen and oxygen atoms in total. The molecule has 0 bridgehead atoms. The molecular weight excluding hydrogens is 402 g/mol. The lowest BCUT2D eigenvalue weighted by Crippen LogP contribution is -2.50. The van der Waals surface area contributed by atoms with Crippen molar-refractivity contribution in [1.82, 2.24) is 15.1 Å². The monoisotopic (exact) mass is 441 g/mol. The highest BCUT2D eigenvalue weighted by Gasteiger charge is 2.37. The van der Waals surface area contributed by atoms with Crippen LogP contribution < -0.4 is 10.1 Å². The zero-order valence-corrected chi connectivity index (χ0v) is 19.6. The summed E-state index contributed by atoms with van der Waals surface area (Å²) in [6, 6.07) is 7.90. The average Bonchev–Trinajstić information content (AvgIpc) is 3.35. The number of amides is 2. The molecule has 2 saturated heterocycles. The Morgan fingerprint density at radius 2 is 1.69 bits per heavy atom. The van der Waals surface area contributed by atoms with Crippen LogP contribution in [0.15, 0.2) is 24.3 Å². The molecule has 4 rings (SSSR count). The standard InChI is InChI=1S/C26H39N3O3/c1-32-24-15-7-6-13-21(24)23(28-16-8-3-9-17-28)19-27-25(30)22-14-10-18-29(22)26(31)20-11-4-2-5-12-20/h6-7,13,15,20,22-23H,2-5,8-12,14,16-19H2,1H3,(H,27,30)/t22-,23+/m1/s1. The molecule has 2 amide bonds. The number of piperidine rings is 1. The lowest BCUT2D eigenvalue weighted by molar-refractivity contribution is -0.142. The van der Waals surface area contributed by atoms with Crippen molar-refractivity contribution < 1.29 is 14.3 Å². The summed E-state index contributed by atoms with van der Waals surface area (Å²) in [6.45, 7) is 3.33. The number of nitrogens with zero attached hydrogens (tertiary/aromatic N) is 2. The van der Waals surface area contributed by atoms with Gasteiger partial charge in [-0.05, 0) is 57.7 Å². The second-order valence-corrected chi connectivity index (χ2v) is 9.62. The maximum absolute atomic E-state index is 13.3. The number of carbonyl (C=O) groups excluding carboxylic acids is 2. The SMILES string of the molecule is COc1ccccc1[C@H](CNC(=O)[C@H]1CCCN1C(=O)C1CCCCC1)N1CCCCC1. The van der Waals surface area contributed by atoms with Crippen LogP contribution >= 0.6 is 0 Å². The van der Waals surface area contributed by atoms with Crippen LogP contribution in [-0.4, -0.2) is 60.9 Å². The summed E-state index contributed by atoms with van der Waals surface area (Å²) in [7, 11) is 1.71. The lowest BCUT2D eigenvalue weighted by atomic mass is 9.88. The second-order valence-electron chi connectivity index (χ2n) is 9.62. The molecule has 1 aliphatic carbocycles. The molecule has 1 aromatic carbocycles. The van der Waals surface area contributed by atoms with Gasteiger partial charge in [0.2, 0.25) is 11.8 Å². The van der Waals surface area contributed by atoms with E-state index in [0.29, 0.717) is 6.54 Å². The summed E-state index contributed by atoms with van der Waals surface area (Å²) in [5.41, 5.74) is 1.12. The molecule has 0 unspecified atom stereocenters. The van der Waals surface area contributed by atoms with E-state index in [4.69, 9.17) is 4.74 Å². The third-order valence-electron chi connectivity index (χ3n) is 7.59. The van der Waals surface area contributed by atoms with Gasteiger partial charge in [0.15, 0.2) is 0 Å². The predicted octanol–water partition coefficient (Wildman–Crippen LogP) is 3.91. The highest BCUT2D eigenvalue weighted by Crippen LogP contribution is 2.32. The third kappa shape index (κ3) is 5.28. The smallest absolute Gasteiger partial charge is 0.242 e. The molecule has 3 fully saturated rings. The molecule has 2 atom stereocenters. The largest absolute Gasteiger partial charge is 0.496 e. The predicted molar refractivity (Wildman–Crippen MR) is 125 cm³/mol. The summed E-state index contributed by atoms with van der Waals surface area (Å²) in [4.78, 5) is 30.7. The summed E-state index contributed by atoms with van der Waals surface area (Å²) >= 11 is 0. The van der Waals surface area contributed by atoms with Crippen LogP contribution in [0.5, 0.6) is 5.75 Å². The number of hydrogen-bond donors (Lipinski definition) is 1. The Balaban J connectivity index is 1.43. The molecule has 2 heterocycles. The highest BCUT2D eigenvalue weighted by atomic mass is 16.5. The molecular formula is C26H39N3O3. The number of methoxy groups -OCH3 is 1. The summed E-state index contributed by atoms with van der Waals surface area (Å²) in [6.07, 6.45) is 10.8. The molecule has 6 heteroatoms. The molecule has 176 valence electrons. The number of rotatable bonds is 7. The molecule has 3 aliphatic rings. The molecule has 2 aliphatic heterocycles. The third-order valence-corrected chi connectivity index (χ3v) is 7.59. The van der Waals surface area contributed by atoms with Crippen molar-refractivity contribution in [1.29, 1.82) is 0 Å². The van der Waals surface area contributed by atoms with Gasteiger partial charge in [0.1, 0.15) is 11.8 Å². The van der Waals surface area contributed by atoms with Crippen LogP contribution in [0.3, 0.4) is 0 Å². The minimum atomic E-state index is -0.316. The first-order valence-electron chi connectivity index (χ1n) is 12.6. The first kappa shape index (κ1) is 23.1. The first-order chi connectivity index (χ1) is 15.7. The maximum Gasteiger partial charge on any atom is 0.242 e. The molecule has 0 spiro atoms. The Morgan fingerprint density at radius 1 is 0.969 bits per heavy atom. The van der Waals surface area contributed by atoms with Gasteiger partial charge in [-0.25, -0.2) is 0 Å². The number of ether oxygens (including phenoxy) is 1. The quantitative estimate of drug-likeness (QED) is 0.697. The fraction of sp³-hybridized carbons (Fsp3) is 0.692. The summed E-state index contributed by atoms with van der Waals surface area (Å²) in [5, 5.41) is 3.23. The van der Waals surface area contributed by atoms with E-state index in [2.05, 4.69) is 16.3 Å². The van der Waals surface area contributed by atoms with E-state index in [9.17, 15) is 9.59 Å². The van der Waals surface area contributed by atoms with Gasteiger partial charge in [-0.3, -0.25) is 14.5 Å². The van der Waals surface area contributed by atoms with Crippen molar-refractivity contribution in [2.75, 3.05) is 33.3 Å². The van der Waals surface area contributed by atoms with Crippen molar-refractivity contribution in [3.8, 4) is 5.75 Å². The van der Waals surface area contributed by atoms with E-state index in [-0.39, 0.29) is 29.8 Å². The van der Waals surface area contributed by atoms with Crippen molar-refractivity contribution >= 4 is 11.8 Å². The van der Waals surface area contributed by atoms with Gasteiger partial charge < -0.3 is 15.0 Å². The Bertz CT molecular complexity index is 771. The average molecular weight is 442 g/mol. The van der Waals surface area contributed by atoms with Gasteiger partial charge in [0.05, 0.1) is 13.2 Å². The summed E-state index contributed by atoms with van der Waals surface area (Å²) in [5.74, 6) is 1.20. The number of carbonyl (C=O) groups is 2. The molecule has 1 aromatic rings. The van der Waals surface area contributed by atoms with Crippen molar-refractivity contribution in [2.45, 2.75) is 76.3 Å². The van der Waals surface area contributed by atoms with E-state index in [1.807, 2.05) is 23.1 Å². The highest BCUT2D eigenvalue weighted by molar-refractivity contribution is 5.89. The molecule has 0 radical (unpaired) electrons. The van der Waals surface area contributed by atoms with E-state index in [1.165, 1.54) is 25.7 Å². The second kappa shape index (κ2) is 11.2. The van der Waals surface area contributed by atoms with Gasteiger partial charge in [0, 0.05) is 24.6 Å². The van der Waals surface area contributed by atoms with E-state index < -0.39 is 0 Å². The van der Waals surface area contributed by atoms with E-state index in [1.54, 1.807) is 7.11 Å². The fourth-order valence-corrected chi connectivity index (χ4v) is 5.81. The van der Waals surface area contributed by atoms with Crippen molar-refractivity contribution in [3.05, 3.63) is 29.8 Å². The number of hydrogen-bond acceptors (Lipinski definition) is 4. The van der Waals surface area contributed by atoms with Crippen LogP contribution in [0.25, 0.3) is 0 Å². The topological polar surface area (TPSA) is 61.9 Å².